The molecular weight excluding hydrogens is 114 g/mol. The van der Waals surface area contributed by atoms with E-state index in [1.54, 1.807) is 0 Å². The molecule has 1 heterocycles. The van der Waals surface area contributed by atoms with E-state index in [4.69, 9.17) is 6.63 Å². The Hall–Kier alpha value is -0.590. The van der Waals surface area contributed by atoms with Crippen molar-refractivity contribution >= 4 is 0 Å². The Kier molecular flexibility index (Phi) is 1.99. The van der Waals surface area contributed by atoms with E-state index < -0.39 is 6.40 Å². The molecule has 2 unspecified atom stereocenters. The third kappa shape index (κ3) is 2.00. The summed E-state index contributed by atoms with van der Waals surface area (Å²) in [5, 5.41) is 14.6. The Bertz CT molecular complexity index is 136. The third-order valence-corrected chi connectivity index (χ3v) is 1.35. The molecule has 0 aliphatic carbocycles. The number of hydrogen-bond acceptors (Lipinski definition) is 3. The van der Waals surface area contributed by atoms with Gasteiger partial charge in [0.15, 0.2) is 0 Å². The van der Waals surface area contributed by atoms with E-state index in [0.717, 1.165) is 19.6 Å². The van der Waals surface area contributed by atoms with Crippen LogP contribution in [0.3, 0.4) is 0 Å². The fraction of sp³-hybridized carbons (Fsp3) is 0.833. The first kappa shape index (κ1) is 5.21. The van der Waals surface area contributed by atoms with E-state index >= 15 is 0 Å². The van der Waals surface area contributed by atoms with Gasteiger partial charge in [-0.1, -0.05) is 0 Å². The van der Waals surface area contributed by atoms with Crippen molar-refractivity contribution in [2.24, 2.45) is 0 Å². The van der Waals surface area contributed by atoms with Gasteiger partial charge in [-0.2, -0.15) is 5.26 Å². The predicted molar refractivity (Wildman–Crippen MR) is 34.9 cm³/mol. The lowest BCUT2D eigenvalue weighted by atomic mass is 10.2. The highest BCUT2D eigenvalue weighted by atomic mass is 15.0. The molecule has 1 aliphatic heterocycles. The quantitative estimate of drug-likeness (QED) is 0.496. The van der Waals surface area contributed by atoms with Gasteiger partial charge >= 0.3 is 0 Å². The Morgan fingerprint density at radius 2 is 2.67 bits per heavy atom. The SMILES string of the molecule is [2H]C(C#N)C1CNCCN1. The highest BCUT2D eigenvalue weighted by Crippen LogP contribution is 1.90. The molecule has 0 aromatic rings. The van der Waals surface area contributed by atoms with Gasteiger partial charge in [0.05, 0.1) is 12.5 Å². The van der Waals surface area contributed by atoms with Crippen LogP contribution in [-0.2, 0) is 0 Å². The summed E-state index contributed by atoms with van der Waals surface area (Å²) in [6.07, 6.45) is -0.632. The smallest absolute Gasteiger partial charge is 0.0638 e. The molecule has 2 atom stereocenters. The Morgan fingerprint density at radius 1 is 1.78 bits per heavy atom. The van der Waals surface area contributed by atoms with Crippen molar-refractivity contribution in [3.63, 3.8) is 0 Å². The van der Waals surface area contributed by atoms with Crippen molar-refractivity contribution in [2.45, 2.75) is 12.4 Å². The zero-order valence-corrected chi connectivity index (χ0v) is 5.22. The number of nitrogens with zero attached hydrogens (tertiary/aromatic N) is 1. The molecule has 0 saturated carbocycles. The molecule has 9 heavy (non-hydrogen) atoms. The molecule has 0 radical (unpaired) electrons. The standard InChI is InChI=1S/C6H11N3/c7-2-1-6-5-8-3-4-9-6/h6,8-9H,1,3-5H2/i1D. The number of nitrogens with one attached hydrogen (secondary N) is 2. The summed E-state index contributed by atoms with van der Waals surface area (Å²) in [5.41, 5.74) is 0. The topological polar surface area (TPSA) is 47.9 Å². The second kappa shape index (κ2) is 3.44. The van der Waals surface area contributed by atoms with Gasteiger partial charge in [-0.3, -0.25) is 0 Å². The summed E-state index contributed by atoms with van der Waals surface area (Å²) in [6.45, 7) is 2.54. The van der Waals surface area contributed by atoms with Gasteiger partial charge in [-0.25, -0.2) is 0 Å². The second-order valence-electron chi connectivity index (χ2n) is 2.06. The lowest BCUT2D eigenvalue weighted by molar-refractivity contribution is 0.423. The third-order valence-electron chi connectivity index (χ3n) is 1.35. The average molecular weight is 126 g/mol. The maximum Gasteiger partial charge on any atom is 0.0638 e. The molecule has 0 aromatic carbocycles. The minimum Gasteiger partial charge on any atom is -0.314 e. The first-order chi connectivity index (χ1) is 4.84. The van der Waals surface area contributed by atoms with Gasteiger partial charge < -0.3 is 10.6 Å². The number of hydrogen-bond donors (Lipinski definition) is 2. The van der Waals surface area contributed by atoms with E-state index in [0.29, 0.717) is 0 Å². The van der Waals surface area contributed by atoms with Crippen LogP contribution in [0.4, 0.5) is 0 Å². The first-order valence-corrected chi connectivity index (χ1v) is 3.10. The Balaban J connectivity index is 2.33. The van der Waals surface area contributed by atoms with Crippen LogP contribution in [-0.4, -0.2) is 25.7 Å². The lowest BCUT2D eigenvalue weighted by Gasteiger charge is -2.21. The van der Waals surface area contributed by atoms with Crippen LogP contribution in [0, 0.1) is 11.3 Å². The molecular formula is C6H11N3. The van der Waals surface area contributed by atoms with Crippen LogP contribution < -0.4 is 10.6 Å². The molecule has 1 aliphatic rings. The van der Waals surface area contributed by atoms with Gasteiger partial charge in [0.1, 0.15) is 0 Å². The van der Waals surface area contributed by atoms with E-state index in [9.17, 15) is 0 Å². The molecule has 0 bridgehead atoms. The molecule has 3 heteroatoms. The van der Waals surface area contributed by atoms with Crippen LogP contribution >= 0.6 is 0 Å². The van der Waals surface area contributed by atoms with Crippen molar-refractivity contribution in [1.82, 2.24) is 10.6 Å². The number of rotatable bonds is 1. The van der Waals surface area contributed by atoms with Gasteiger partial charge in [-0.15, -0.1) is 0 Å². The fourth-order valence-electron chi connectivity index (χ4n) is 0.884. The van der Waals surface area contributed by atoms with Crippen molar-refractivity contribution in [3.05, 3.63) is 0 Å². The van der Waals surface area contributed by atoms with Gasteiger partial charge in [-0.05, 0) is 0 Å². The van der Waals surface area contributed by atoms with Crippen molar-refractivity contribution in [1.29, 1.82) is 5.26 Å². The Labute approximate surface area is 56.5 Å². The summed E-state index contributed by atoms with van der Waals surface area (Å²) < 4.78 is 7.25. The molecule has 0 spiro atoms. The summed E-state index contributed by atoms with van der Waals surface area (Å²) in [4.78, 5) is 0. The first-order valence-electron chi connectivity index (χ1n) is 3.68. The monoisotopic (exact) mass is 126 g/mol. The molecule has 2 N–H and O–H groups in total. The van der Waals surface area contributed by atoms with Crippen molar-refractivity contribution in [3.8, 4) is 6.07 Å². The molecule has 0 aromatic heterocycles. The molecule has 1 saturated heterocycles. The summed E-state index contributed by atoms with van der Waals surface area (Å²) in [5.74, 6) is 0. The Morgan fingerprint density at radius 3 is 3.22 bits per heavy atom. The van der Waals surface area contributed by atoms with Crippen LogP contribution in [0.15, 0.2) is 0 Å². The highest BCUT2D eigenvalue weighted by Gasteiger charge is 2.09. The van der Waals surface area contributed by atoms with Crippen molar-refractivity contribution in [2.75, 3.05) is 19.6 Å². The maximum absolute atomic E-state index is 8.38. The number of piperazine rings is 1. The summed E-state index contributed by atoms with van der Waals surface area (Å²) >= 11 is 0. The molecule has 3 nitrogen and oxygen atoms in total. The predicted octanol–water partition coefficient (Wildman–Crippen LogP) is -0.539. The normalized spacial score (nSPS) is 32.3. The zero-order chi connectivity index (χ0) is 7.40. The number of nitriles is 1. The maximum atomic E-state index is 8.38. The van der Waals surface area contributed by atoms with Gasteiger partial charge in [0.25, 0.3) is 0 Å². The van der Waals surface area contributed by atoms with Crippen LogP contribution in [0.1, 0.15) is 7.77 Å². The van der Waals surface area contributed by atoms with Crippen LogP contribution in [0.2, 0.25) is 0 Å². The van der Waals surface area contributed by atoms with E-state index in [2.05, 4.69) is 10.6 Å². The summed E-state index contributed by atoms with van der Waals surface area (Å²) in [7, 11) is 0. The lowest BCUT2D eigenvalue weighted by Crippen LogP contribution is -2.47. The summed E-state index contributed by atoms with van der Waals surface area (Å²) in [6, 6.07) is 1.91. The minimum absolute atomic E-state index is 0.0127. The second-order valence-corrected chi connectivity index (χ2v) is 2.06. The van der Waals surface area contributed by atoms with Crippen LogP contribution in [0.25, 0.3) is 0 Å². The van der Waals surface area contributed by atoms with E-state index in [-0.39, 0.29) is 6.04 Å². The molecule has 1 fully saturated rings. The minimum atomic E-state index is -0.632. The highest BCUT2D eigenvalue weighted by molar-refractivity contribution is 4.84. The fourth-order valence-corrected chi connectivity index (χ4v) is 0.884. The molecule has 0 amide bonds. The largest absolute Gasteiger partial charge is 0.314 e. The molecule has 50 valence electrons. The van der Waals surface area contributed by atoms with Gasteiger partial charge in [0, 0.05) is 27.0 Å². The molecule has 1 rings (SSSR count). The van der Waals surface area contributed by atoms with Crippen molar-refractivity contribution < 1.29 is 1.37 Å². The average Bonchev–Trinajstić information content (AvgIpc) is 2.05. The van der Waals surface area contributed by atoms with Gasteiger partial charge in [0.2, 0.25) is 0 Å². The van der Waals surface area contributed by atoms with E-state index in [1.165, 1.54) is 0 Å². The van der Waals surface area contributed by atoms with E-state index in [1.807, 2.05) is 6.07 Å². The van der Waals surface area contributed by atoms with Crippen LogP contribution in [0.5, 0.6) is 0 Å². The zero-order valence-electron chi connectivity index (χ0n) is 6.22.